The molecule has 2 aromatic carbocycles. The molecule has 0 aromatic heterocycles. The van der Waals surface area contributed by atoms with Crippen molar-refractivity contribution in [1.29, 1.82) is 0 Å². The van der Waals surface area contributed by atoms with Crippen LogP contribution in [-0.4, -0.2) is 18.3 Å². The van der Waals surface area contributed by atoms with E-state index < -0.39 is 52.2 Å². The third-order valence-corrected chi connectivity index (χ3v) is 59.0. The summed E-state index contributed by atoms with van der Waals surface area (Å²) in [6.45, 7) is 10.7. The summed E-state index contributed by atoms with van der Waals surface area (Å²) in [5, 5.41) is 0. The molecular formula is C26H23Cl2F6SiZr. The van der Waals surface area contributed by atoms with E-state index in [4.69, 9.17) is 17.0 Å². The predicted octanol–water partition coefficient (Wildman–Crippen LogP) is 9.65. The van der Waals surface area contributed by atoms with E-state index in [1.807, 2.05) is 0 Å². The zero-order valence-electron chi connectivity index (χ0n) is 19.4. The van der Waals surface area contributed by atoms with Crippen LogP contribution >= 0.6 is 17.0 Å². The predicted molar refractivity (Wildman–Crippen MR) is 137 cm³/mol. The van der Waals surface area contributed by atoms with E-state index in [1.165, 1.54) is 24.3 Å². The Bertz CT molecular complexity index is 1240. The molecule has 4 rings (SSSR count). The van der Waals surface area contributed by atoms with Gasteiger partial charge in [0.2, 0.25) is 0 Å². The molecule has 0 fully saturated rings. The van der Waals surface area contributed by atoms with E-state index in [9.17, 15) is 26.3 Å². The summed E-state index contributed by atoms with van der Waals surface area (Å²) in [6, 6.07) is 9.37. The Morgan fingerprint density at radius 1 is 0.750 bits per heavy atom. The summed E-state index contributed by atoms with van der Waals surface area (Å²) in [7, 11) is 15.0. The quantitative estimate of drug-likeness (QED) is 0.226. The van der Waals surface area contributed by atoms with Crippen LogP contribution in [0.3, 0.4) is 0 Å². The molecule has 2 aliphatic rings. The Hall–Kier alpha value is -1.34. The molecule has 0 radical (unpaired) electrons. The minimum atomic E-state index is -6.22. The molecule has 0 aliphatic heterocycles. The van der Waals surface area contributed by atoms with Crippen LogP contribution in [0.25, 0.3) is 24.3 Å². The molecule has 10 heteroatoms. The van der Waals surface area contributed by atoms with Crippen LogP contribution in [0.15, 0.2) is 60.7 Å². The minimum absolute atomic E-state index is 0.228. The molecule has 0 saturated carbocycles. The van der Waals surface area contributed by atoms with Crippen molar-refractivity contribution in [2.75, 3.05) is 0 Å². The van der Waals surface area contributed by atoms with Gasteiger partial charge in [0.05, 0.1) is 0 Å². The number of rotatable bonds is 5. The van der Waals surface area contributed by atoms with Gasteiger partial charge in [-0.2, -0.15) is 0 Å². The molecule has 2 aliphatic carbocycles. The fourth-order valence-corrected chi connectivity index (χ4v) is 35.8. The Balaban J connectivity index is 2.13. The van der Waals surface area contributed by atoms with Crippen LogP contribution < -0.4 is 0 Å². The first-order valence-electron chi connectivity index (χ1n) is 11.2. The van der Waals surface area contributed by atoms with Crippen LogP contribution in [-0.2, 0) is 15.6 Å². The monoisotopic (exact) mass is 637 g/mol. The molecule has 2 atom stereocenters. The van der Waals surface area contributed by atoms with Gasteiger partial charge in [-0.1, -0.05) is 0 Å². The molecule has 191 valence electrons. The van der Waals surface area contributed by atoms with E-state index in [1.54, 1.807) is 37.4 Å². The zero-order chi connectivity index (χ0) is 26.9. The van der Waals surface area contributed by atoms with E-state index in [2.05, 4.69) is 13.2 Å². The first kappa shape index (κ1) is 27.7. The van der Waals surface area contributed by atoms with Gasteiger partial charge < -0.3 is 0 Å². The molecule has 0 bridgehead atoms. The number of halogens is 8. The molecule has 0 nitrogen and oxygen atoms in total. The fraction of sp³-hybridized carbons (Fsp3) is 0.231. The molecule has 0 saturated heterocycles. The van der Waals surface area contributed by atoms with E-state index in [-0.39, 0.29) is 22.3 Å². The SMILES string of the molecule is C=Cc1cccc2c1C=C(C(F)(F)F)[CH]2[Zr]([Cl])([Cl])([CH]1C(C(F)(F)F)=Cc2c(C=C)cccc21)[SiH](C)C. The Morgan fingerprint density at radius 3 is 1.39 bits per heavy atom. The Morgan fingerprint density at radius 2 is 1.11 bits per heavy atom. The summed E-state index contributed by atoms with van der Waals surface area (Å²) in [6.07, 6.45) is -4.83. The van der Waals surface area contributed by atoms with Crippen molar-refractivity contribution in [3.05, 3.63) is 94.1 Å². The Kier molecular flexibility index (Phi) is 6.81. The maximum absolute atomic E-state index is 14.6. The third-order valence-electron chi connectivity index (χ3n) is 7.49. The van der Waals surface area contributed by atoms with Crippen molar-refractivity contribution in [1.82, 2.24) is 0 Å². The number of fused-ring (bicyclic) bond motifs is 2. The van der Waals surface area contributed by atoms with Crippen LogP contribution in [0.1, 0.15) is 40.6 Å². The normalized spacial score (nSPS) is 20.8. The first-order chi connectivity index (χ1) is 16.6. The number of benzene rings is 2. The van der Waals surface area contributed by atoms with Crippen LogP contribution in [0, 0.1) is 0 Å². The Labute approximate surface area is 214 Å². The first-order valence-corrected chi connectivity index (χ1v) is 27.5. The van der Waals surface area contributed by atoms with Crippen LogP contribution in [0.2, 0.25) is 13.1 Å². The van der Waals surface area contributed by atoms with Gasteiger partial charge in [-0.25, -0.2) is 0 Å². The molecule has 0 spiro atoms. The van der Waals surface area contributed by atoms with Gasteiger partial charge in [0, 0.05) is 0 Å². The molecule has 2 unspecified atom stereocenters. The van der Waals surface area contributed by atoms with Gasteiger partial charge in [0.15, 0.2) is 0 Å². The van der Waals surface area contributed by atoms with E-state index >= 15 is 0 Å². The number of hydrogen-bond donors (Lipinski definition) is 0. The zero-order valence-corrected chi connectivity index (χ0v) is 24.6. The molecule has 2 aromatic rings. The van der Waals surface area contributed by atoms with Crippen LogP contribution in [0.5, 0.6) is 0 Å². The third kappa shape index (κ3) is 3.98. The average Bonchev–Trinajstić information content (AvgIpc) is 3.39. The second-order valence-corrected chi connectivity index (χ2v) is 52.1. The molecule has 0 N–H and O–H groups in total. The number of alkyl halides is 6. The van der Waals surface area contributed by atoms with Crippen LogP contribution in [0.4, 0.5) is 26.3 Å². The van der Waals surface area contributed by atoms with Gasteiger partial charge >= 0.3 is 216 Å². The summed E-state index contributed by atoms with van der Waals surface area (Å²) in [4.78, 5) is 0. The standard InChI is InChI=1S/2C12H8F3.C2H7Si.2ClH.Zr/c2*1-2-8-4-3-5-9-6-10(7-11(8)9)12(13,14)15;1-3-2;;;/h2*2-7H,1H2;3H,1-2H3;2*1H;/q;;;;;+2/p-2. The number of hydrogen-bond acceptors (Lipinski definition) is 0. The van der Waals surface area contributed by atoms with Crippen molar-refractivity contribution in [2.24, 2.45) is 0 Å². The maximum atomic E-state index is 14.6. The molecule has 36 heavy (non-hydrogen) atoms. The van der Waals surface area contributed by atoms with Gasteiger partial charge in [-0.15, -0.1) is 0 Å². The van der Waals surface area contributed by atoms with Crippen molar-refractivity contribution in [2.45, 2.75) is 32.7 Å². The van der Waals surface area contributed by atoms with Gasteiger partial charge in [0.1, 0.15) is 0 Å². The topological polar surface area (TPSA) is 0 Å². The van der Waals surface area contributed by atoms with Gasteiger partial charge in [-0.05, 0) is 0 Å². The average molecular weight is 640 g/mol. The summed E-state index contributed by atoms with van der Waals surface area (Å²) in [5.41, 5.74) is -0.0802. The molecular weight excluding hydrogens is 616 g/mol. The van der Waals surface area contributed by atoms with Gasteiger partial charge in [-0.3, -0.25) is 0 Å². The van der Waals surface area contributed by atoms with E-state index in [0.29, 0.717) is 11.1 Å². The van der Waals surface area contributed by atoms with Gasteiger partial charge in [0.25, 0.3) is 0 Å². The summed E-state index contributed by atoms with van der Waals surface area (Å²) in [5.74, 6) is -2.60. The van der Waals surface area contributed by atoms with Crippen molar-refractivity contribution in [3.63, 3.8) is 0 Å². The van der Waals surface area contributed by atoms with Crippen molar-refractivity contribution >= 4 is 47.3 Å². The molecule has 0 amide bonds. The van der Waals surface area contributed by atoms with Crippen molar-refractivity contribution < 1.29 is 41.9 Å². The summed E-state index contributed by atoms with van der Waals surface area (Å²) < 4.78 is 84.5. The number of allylic oxidation sites excluding steroid dienone is 2. The summed E-state index contributed by atoms with van der Waals surface area (Å²) >= 11 is -6.22. The molecule has 0 heterocycles. The second-order valence-electron chi connectivity index (χ2n) is 9.55. The second kappa shape index (κ2) is 8.86. The fourth-order valence-electron chi connectivity index (χ4n) is 5.72. The van der Waals surface area contributed by atoms with Crippen molar-refractivity contribution in [3.8, 4) is 0 Å². The van der Waals surface area contributed by atoms with E-state index in [0.717, 1.165) is 12.2 Å².